The highest BCUT2D eigenvalue weighted by molar-refractivity contribution is 5.84. The molecule has 0 aromatic heterocycles. The third-order valence-corrected chi connectivity index (χ3v) is 2.72. The second-order valence-corrected chi connectivity index (χ2v) is 4.08. The van der Waals surface area contributed by atoms with Crippen LogP contribution in [0.25, 0.3) is 0 Å². The lowest BCUT2D eigenvalue weighted by Gasteiger charge is -2.17. The number of nitrogens with one attached hydrogen (secondary N) is 1. The molecule has 1 atom stereocenters. The highest BCUT2D eigenvalue weighted by Gasteiger charge is 2.17. The Morgan fingerprint density at radius 2 is 1.89 bits per heavy atom. The minimum atomic E-state index is -0.657. The van der Waals surface area contributed by atoms with E-state index in [9.17, 15) is 4.79 Å². The maximum absolute atomic E-state index is 11.6. The van der Waals surface area contributed by atoms with Gasteiger partial charge in [0.25, 0.3) is 0 Å². The fraction of sp³-hybridized carbons (Fsp3) is 0.0667. The molecule has 19 heavy (non-hydrogen) atoms. The summed E-state index contributed by atoms with van der Waals surface area (Å²) in [6, 6.07) is 17.6. The lowest BCUT2D eigenvalue weighted by Crippen LogP contribution is -2.27. The largest absolute Gasteiger partial charge is 0.370 e. The van der Waals surface area contributed by atoms with Crippen molar-refractivity contribution in [1.29, 1.82) is 5.26 Å². The van der Waals surface area contributed by atoms with Crippen molar-refractivity contribution in [2.45, 2.75) is 6.04 Å². The first-order valence-electron chi connectivity index (χ1n) is 5.81. The van der Waals surface area contributed by atoms with E-state index in [2.05, 4.69) is 5.32 Å². The summed E-state index contributed by atoms with van der Waals surface area (Å²) < 4.78 is 0. The Morgan fingerprint density at radius 1 is 1.16 bits per heavy atom. The number of rotatable bonds is 4. The number of nitrogens with zero attached hydrogens (tertiary/aromatic N) is 1. The Balaban J connectivity index is 2.30. The first kappa shape index (κ1) is 12.7. The van der Waals surface area contributed by atoms with Gasteiger partial charge in [-0.2, -0.15) is 5.26 Å². The molecule has 1 unspecified atom stereocenters. The van der Waals surface area contributed by atoms with Gasteiger partial charge in [0.15, 0.2) is 0 Å². The predicted molar refractivity (Wildman–Crippen MR) is 73.2 cm³/mol. The summed E-state index contributed by atoms with van der Waals surface area (Å²) in [7, 11) is 0. The van der Waals surface area contributed by atoms with Crippen molar-refractivity contribution in [2.75, 3.05) is 5.32 Å². The van der Waals surface area contributed by atoms with E-state index in [1.165, 1.54) is 0 Å². The monoisotopic (exact) mass is 251 g/mol. The number of carbonyl (C=O) groups excluding carboxylic acids is 1. The molecule has 0 aliphatic rings. The van der Waals surface area contributed by atoms with Crippen molar-refractivity contribution in [3.63, 3.8) is 0 Å². The van der Waals surface area contributed by atoms with Crippen LogP contribution in [0.1, 0.15) is 17.2 Å². The van der Waals surface area contributed by atoms with Gasteiger partial charge in [-0.1, -0.05) is 30.3 Å². The number of nitriles is 1. The van der Waals surface area contributed by atoms with Gasteiger partial charge in [-0.05, 0) is 29.8 Å². The molecular formula is C15H13N3O. The summed E-state index contributed by atoms with van der Waals surface area (Å²) in [5.74, 6) is -0.487. The fourth-order valence-corrected chi connectivity index (χ4v) is 1.81. The molecule has 94 valence electrons. The van der Waals surface area contributed by atoms with Crippen LogP contribution in [0.5, 0.6) is 0 Å². The van der Waals surface area contributed by atoms with Gasteiger partial charge in [-0.15, -0.1) is 0 Å². The van der Waals surface area contributed by atoms with Crippen molar-refractivity contribution in [3.8, 4) is 6.07 Å². The molecule has 0 bridgehead atoms. The first-order chi connectivity index (χ1) is 9.20. The number of hydrogen-bond donors (Lipinski definition) is 2. The quantitative estimate of drug-likeness (QED) is 0.874. The van der Waals surface area contributed by atoms with Gasteiger partial charge in [-0.25, -0.2) is 0 Å². The lowest BCUT2D eigenvalue weighted by atomic mass is 10.0. The van der Waals surface area contributed by atoms with Gasteiger partial charge in [0.05, 0.1) is 11.6 Å². The Hall–Kier alpha value is -2.80. The molecule has 4 nitrogen and oxygen atoms in total. The molecule has 0 heterocycles. The molecule has 0 saturated heterocycles. The van der Waals surface area contributed by atoms with Gasteiger partial charge >= 0.3 is 0 Å². The molecule has 3 N–H and O–H groups in total. The summed E-state index contributed by atoms with van der Waals surface area (Å²) in [6.07, 6.45) is 0. The third-order valence-electron chi connectivity index (χ3n) is 2.72. The Morgan fingerprint density at radius 3 is 2.53 bits per heavy atom. The minimum absolute atomic E-state index is 0.487. The molecule has 2 aromatic rings. The van der Waals surface area contributed by atoms with E-state index < -0.39 is 11.9 Å². The second kappa shape index (κ2) is 5.69. The molecule has 0 aliphatic carbocycles. The van der Waals surface area contributed by atoms with Crippen LogP contribution in [0.3, 0.4) is 0 Å². The number of hydrogen-bond acceptors (Lipinski definition) is 3. The van der Waals surface area contributed by atoms with Crippen LogP contribution >= 0.6 is 0 Å². The fourth-order valence-electron chi connectivity index (χ4n) is 1.81. The van der Waals surface area contributed by atoms with Gasteiger partial charge < -0.3 is 11.1 Å². The Labute approximate surface area is 111 Å². The highest BCUT2D eigenvalue weighted by atomic mass is 16.1. The lowest BCUT2D eigenvalue weighted by molar-refractivity contribution is -0.118. The SMILES string of the molecule is N#Cc1cccc(C(Nc2ccccc2)C(N)=O)c1. The summed E-state index contributed by atoms with van der Waals surface area (Å²) >= 11 is 0. The molecule has 0 spiro atoms. The molecule has 2 aromatic carbocycles. The van der Waals surface area contributed by atoms with Crippen LogP contribution in [0.4, 0.5) is 5.69 Å². The van der Waals surface area contributed by atoms with Gasteiger partial charge in [0, 0.05) is 5.69 Å². The average molecular weight is 251 g/mol. The number of benzene rings is 2. The van der Waals surface area contributed by atoms with Crippen LogP contribution in [-0.2, 0) is 4.79 Å². The molecule has 2 rings (SSSR count). The van der Waals surface area contributed by atoms with E-state index in [0.29, 0.717) is 11.1 Å². The average Bonchev–Trinajstić information content (AvgIpc) is 2.45. The maximum Gasteiger partial charge on any atom is 0.244 e. The first-order valence-corrected chi connectivity index (χ1v) is 5.81. The molecule has 4 heteroatoms. The number of carbonyl (C=O) groups is 1. The van der Waals surface area contributed by atoms with E-state index >= 15 is 0 Å². The Bertz CT molecular complexity index is 617. The topological polar surface area (TPSA) is 78.9 Å². The van der Waals surface area contributed by atoms with E-state index in [0.717, 1.165) is 5.69 Å². The smallest absolute Gasteiger partial charge is 0.244 e. The standard InChI is InChI=1S/C15H13N3O/c16-10-11-5-4-6-12(9-11)14(15(17)19)18-13-7-2-1-3-8-13/h1-9,14,18H,(H2,17,19). The predicted octanol–water partition coefficient (Wildman–Crippen LogP) is 2.20. The van der Waals surface area contributed by atoms with Crippen LogP contribution in [-0.4, -0.2) is 5.91 Å². The third kappa shape index (κ3) is 3.11. The Kier molecular flexibility index (Phi) is 3.79. The molecule has 0 radical (unpaired) electrons. The van der Waals surface area contributed by atoms with Crippen molar-refractivity contribution >= 4 is 11.6 Å². The van der Waals surface area contributed by atoms with E-state index in [4.69, 9.17) is 11.0 Å². The molecule has 0 fully saturated rings. The second-order valence-electron chi connectivity index (χ2n) is 4.08. The summed E-state index contributed by atoms with van der Waals surface area (Å²) in [5.41, 5.74) is 7.40. The number of amides is 1. The summed E-state index contributed by atoms with van der Waals surface area (Å²) in [4.78, 5) is 11.6. The highest BCUT2D eigenvalue weighted by Crippen LogP contribution is 2.20. The number of anilines is 1. The molecular weight excluding hydrogens is 238 g/mol. The normalized spacial score (nSPS) is 11.3. The van der Waals surface area contributed by atoms with E-state index in [1.54, 1.807) is 24.3 Å². The zero-order valence-corrected chi connectivity index (χ0v) is 10.2. The van der Waals surface area contributed by atoms with Crippen molar-refractivity contribution in [3.05, 3.63) is 65.7 Å². The van der Waals surface area contributed by atoms with E-state index in [1.807, 2.05) is 36.4 Å². The summed E-state index contributed by atoms with van der Waals surface area (Å²) in [5, 5.41) is 11.9. The van der Waals surface area contributed by atoms with Crippen molar-refractivity contribution in [2.24, 2.45) is 5.73 Å². The molecule has 0 saturated carbocycles. The zero-order chi connectivity index (χ0) is 13.7. The van der Waals surface area contributed by atoms with Gasteiger partial charge in [-0.3, -0.25) is 4.79 Å². The van der Waals surface area contributed by atoms with Crippen molar-refractivity contribution < 1.29 is 4.79 Å². The molecule has 0 aliphatic heterocycles. The zero-order valence-electron chi connectivity index (χ0n) is 10.2. The number of primary amides is 1. The van der Waals surface area contributed by atoms with Gasteiger partial charge in [0.1, 0.15) is 6.04 Å². The van der Waals surface area contributed by atoms with E-state index in [-0.39, 0.29) is 0 Å². The minimum Gasteiger partial charge on any atom is -0.370 e. The summed E-state index contributed by atoms with van der Waals surface area (Å²) in [6.45, 7) is 0. The number of para-hydroxylation sites is 1. The van der Waals surface area contributed by atoms with Gasteiger partial charge in [0.2, 0.25) is 5.91 Å². The van der Waals surface area contributed by atoms with Crippen LogP contribution in [0.15, 0.2) is 54.6 Å². The molecule has 1 amide bonds. The number of nitrogens with two attached hydrogens (primary N) is 1. The van der Waals surface area contributed by atoms with Crippen molar-refractivity contribution in [1.82, 2.24) is 0 Å². The van der Waals surface area contributed by atoms with Crippen LogP contribution in [0, 0.1) is 11.3 Å². The maximum atomic E-state index is 11.6. The van der Waals surface area contributed by atoms with Crippen LogP contribution < -0.4 is 11.1 Å². The van der Waals surface area contributed by atoms with Crippen LogP contribution in [0.2, 0.25) is 0 Å².